The fourth-order valence-electron chi connectivity index (χ4n) is 2.74. The van der Waals surface area contributed by atoms with E-state index in [0.717, 1.165) is 30.5 Å². The molecule has 1 saturated carbocycles. The van der Waals surface area contributed by atoms with Gasteiger partial charge in [0.25, 0.3) is 5.91 Å². The van der Waals surface area contributed by atoms with Crippen molar-refractivity contribution in [2.24, 2.45) is 0 Å². The van der Waals surface area contributed by atoms with Crippen LogP contribution in [0.4, 0.5) is 8.78 Å². The molecule has 25 heavy (non-hydrogen) atoms. The summed E-state index contributed by atoms with van der Waals surface area (Å²) in [5.41, 5.74) is 0.673. The smallest absolute Gasteiger partial charge is 0.257 e. The van der Waals surface area contributed by atoms with Gasteiger partial charge in [-0.1, -0.05) is 0 Å². The van der Waals surface area contributed by atoms with Crippen LogP contribution >= 0.6 is 0 Å². The van der Waals surface area contributed by atoms with Gasteiger partial charge in [0.1, 0.15) is 23.1 Å². The van der Waals surface area contributed by atoms with Crippen LogP contribution in [0.15, 0.2) is 36.4 Å². The summed E-state index contributed by atoms with van der Waals surface area (Å²) in [6, 6.07) is 8.41. The average molecular weight is 347 g/mol. The number of amides is 1. The van der Waals surface area contributed by atoms with Gasteiger partial charge in [0.15, 0.2) is 0 Å². The molecule has 0 heterocycles. The number of methoxy groups -OCH3 is 2. The zero-order valence-corrected chi connectivity index (χ0v) is 14.1. The topological polar surface area (TPSA) is 38.8 Å². The number of benzene rings is 2. The number of carbonyl (C=O) groups is 1. The van der Waals surface area contributed by atoms with Gasteiger partial charge in [-0.25, -0.2) is 8.78 Å². The van der Waals surface area contributed by atoms with Gasteiger partial charge in [-0.15, -0.1) is 0 Å². The summed E-state index contributed by atoms with van der Waals surface area (Å²) in [6.07, 6.45) is 1.74. The first-order valence-electron chi connectivity index (χ1n) is 8.00. The van der Waals surface area contributed by atoms with Crippen LogP contribution in [-0.2, 0) is 6.54 Å². The molecular weight excluding hydrogens is 328 g/mol. The van der Waals surface area contributed by atoms with Crippen molar-refractivity contribution in [2.45, 2.75) is 25.4 Å². The Bertz CT molecular complexity index is 790. The normalized spacial score (nSPS) is 13.4. The van der Waals surface area contributed by atoms with Crippen LogP contribution in [0.5, 0.6) is 11.5 Å². The van der Waals surface area contributed by atoms with Crippen LogP contribution in [0, 0.1) is 11.6 Å². The Morgan fingerprint density at radius 2 is 1.88 bits per heavy atom. The molecule has 2 aromatic carbocycles. The third-order valence-electron chi connectivity index (χ3n) is 4.24. The average Bonchev–Trinajstić information content (AvgIpc) is 3.44. The van der Waals surface area contributed by atoms with Gasteiger partial charge < -0.3 is 14.4 Å². The summed E-state index contributed by atoms with van der Waals surface area (Å²) in [7, 11) is 3.10. The first kappa shape index (κ1) is 17.2. The minimum absolute atomic E-state index is 0.0590. The van der Waals surface area contributed by atoms with Crippen molar-refractivity contribution in [1.29, 1.82) is 0 Å². The van der Waals surface area contributed by atoms with Crippen molar-refractivity contribution in [3.8, 4) is 11.5 Å². The number of nitrogens with zero attached hydrogens (tertiary/aromatic N) is 1. The molecular formula is C19H19F2NO3. The van der Waals surface area contributed by atoms with Crippen LogP contribution in [-0.4, -0.2) is 31.1 Å². The third-order valence-corrected chi connectivity index (χ3v) is 4.24. The van der Waals surface area contributed by atoms with Crippen molar-refractivity contribution in [3.63, 3.8) is 0 Å². The van der Waals surface area contributed by atoms with E-state index >= 15 is 0 Å². The number of carbonyl (C=O) groups excluding carboxylic acids is 1. The molecule has 1 aliphatic rings. The standard InChI is InChI=1S/C19H19F2NO3/c1-24-15-7-3-12(18(10-15)25-2)11-22(14-5-6-14)19(23)16-8-4-13(20)9-17(16)21/h3-4,7-10,14H,5-6,11H2,1-2H3. The highest BCUT2D eigenvalue weighted by molar-refractivity contribution is 5.95. The predicted octanol–water partition coefficient (Wildman–Crippen LogP) is 3.79. The van der Waals surface area contributed by atoms with E-state index < -0.39 is 17.5 Å². The van der Waals surface area contributed by atoms with Gasteiger partial charge in [-0.3, -0.25) is 4.79 Å². The molecule has 4 nitrogen and oxygen atoms in total. The second-order valence-corrected chi connectivity index (χ2v) is 5.97. The summed E-state index contributed by atoms with van der Waals surface area (Å²) in [6.45, 7) is 0.285. The van der Waals surface area contributed by atoms with Crippen molar-refractivity contribution in [3.05, 3.63) is 59.2 Å². The lowest BCUT2D eigenvalue weighted by molar-refractivity contribution is 0.0724. The maximum atomic E-state index is 14.0. The number of rotatable bonds is 6. The number of hydrogen-bond donors (Lipinski definition) is 0. The quantitative estimate of drug-likeness (QED) is 0.798. The summed E-state index contributed by atoms with van der Waals surface area (Å²) < 4.78 is 37.7. The maximum absolute atomic E-state index is 14.0. The SMILES string of the molecule is COc1ccc(CN(C(=O)c2ccc(F)cc2F)C2CC2)c(OC)c1. The zero-order valence-electron chi connectivity index (χ0n) is 14.1. The van der Waals surface area contributed by atoms with Crippen LogP contribution in [0.2, 0.25) is 0 Å². The van der Waals surface area contributed by atoms with E-state index in [1.165, 1.54) is 6.07 Å². The zero-order chi connectivity index (χ0) is 18.0. The number of ether oxygens (including phenoxy) is 2. The first-order valence-corrected chi connectivity index (χ1v) is 8.00. The predicted molar refractivity (Wildman–Crippen MR) is 88.8 cm³/mol. The molecule has 0 bridgehead atoms. The minimum Gasteiger partial charge on any atom is -0.497 e. The summed E-state index contributed by atoms with van der Waals surface area (Å²) in [5, 5.41) is 0. The molecule has 0 aliphatic heterocycles. The molecule has 0 spiro atoms. The molecule has 0 aromatic heterocycles. The molecule has 1 aliphatic carbocycles. The number of hydrogen-bond acceptors (Lipinski definition) is 3. The van der Waals surface area contributed by atoms with Crippen molar-refractivity contribution in [2.75, 3.05) is 14.2 Å². The fourth-order valence-corrected chi connectivity index (χ4v) is 2.74. The Hall–Kier alpha value is -2.63. The Morgan fingerprint density at radius 1 is 1.12 bits per heavy atom. The largest absolute Gasteiger partial charge is 0.497 e. The second-order valence-electron chi connectivity index (χ2n) is 5.97. The lowest BCUT2D eigenvalue weighted by Crippen LogP contribution is -2.33. The molecule has 1 fully saturated rings. The van der Waals surface area contributed by atoms with Gasteiger partial charge in [0.2, 0.25) is 0 Å². The maximum Gasteiger partial charge on any atom is 0.257 e. The van der Waals surface area contributed by atoms with Gasteiger partial charge in [0.05, 0.1) is 19.8 Å². The molecule has 6 heteroatoms. The van der Waals surface area contributed by atoms with Crippen LogP contribution in [0.3, 0.4) is 0 Å². The fraction of sp³-hybridized carbons (Fsp3) is 0.316. The third kappa shape index (κ3) is 3.73. The molecule has 132 valence electrons. The highest BCUT2D eigenvalue weighted by Crippen LogP contribution is 2.33. The van der Waals surface area contributed by atoms with E-state index in [4.69, 9.17) is 9.47 Å². The summed E-state index contributed by atoms with van der Waals surface area (Å²) >= 11 is 0. The molecule has 3 rings (SSSR count). The van der Waals surface area contributed by atoms with Crippen molar-refractivity contribution in [1.82, 2.24) is 4.90 Å². The van der Waals surface area contributed by atoms with Crippen molar-refractivity contribution >= 4 is 5.91 Å². The Balaban J connectivity index is 1.88. The summed E-state index contributed by atoms with van der Waals surface area (Å²) in [4.78, 5) is 14.4. The highest BCUT2D eigenvalue weighted by atomic mass is 19.1. The molecule has 0 unspecified atom stereocenters. The van der Waals surface area contributed by atoms with E-state index in [1.807, 2.05) is 6.07 Å². The van der Waals surface area contributed by atoms with Gasteiger partial charge in [-0.2, -0.15) is 0 Å². The number of halogens is 2. The van der Waals surface area contributed by atoms with E-state index in [1.54, 1.807) is 31.3 Å². The monoisotopic (exact) mass is 347 g/mol. The molecule has 0 saturated heterocycles. The Kier molecular flexibility index (Phi) is 4.88. The Labute approximate surface area is 145 Å². The minimum atomic E-state index is -0.850. The van der Waals surface area contributed by atoms with E-state index in [9.17, 15) is 13.6 Å². The van der Waals surface area contributed by atoms with Gasteiger partial charge >= 0.3 is 0 Å². The van der Waals surface area contributed by atoms with E-state index in [-0.39, 0.29) is 18.2 Å². The molecule has 1 amide bonds. The first-order chi connectivity index (χ1) is 12.0. The molecule has 0 atom stereocenters. The second kappa shape index (κ2) is 7.09. The lowest BCUT2D eigenvalue weighted by Gasteiger charge is -2.24. The van der Waals surface area contributed by atoms with Crippen molar-refractivity contribution < 1.29 is 23.0 Å². The molecule has 0 radical (unpaired) electrons. The van der Waals surface area contributed by atoms with Crippen LogP contribution < -0.4 is 9.47 Å². The molecule has 2 aromatic rings. The lowest BCUT2D eigenvalue weighted by atomic mass is 10.1. The van der Waals surface area contributed by atoms with Crippen LogP contribution in [0.25, 0.3) is 0 Å². The van der Waals surface area contributed by atoms with Gasteiger partial charge in [-0.05, 0) is 37.1 Å². The van der Waals surface area contributed by atoms with E-state index in [2.05, 4.69) is 0 Å². The van der Waals surface area contributed by atoms with Crippen LogP contribution in [0.1, 0.15) is 28.8 Å². The van der Waals surface area contributed by atoms with E-state index in [0.29, 0.717) is 11.5 Å². The summed E-state index contributed by atoms with van der Waals surface area (Å²) in [5.74, 6) is -0.758. The Morgan fingerprint density at radius 3 is 2.48 bits per heavy atom. The molecule has 0 N–H and O–H groups in total. The highest BCUT2D eigenvalue weighted by Gasteiger charge is 2.34. The van der Waals surface area contributed by atoms with Gasteiger partial charge in [0, 0.05) is 30.3 Å².